The Labute approximate surface area is 120 Å². The molecule has 4 N–H and O–H groups in total. The summed E-state index contributed by atoms with van der Waals surface area (Å²) < 4.78 is 5.71. The van der Waals surface area contributed by atoms with Gasteiger partial charge in [0.25, 0.3) is 0 Å². The van der Waals surface area contributed by atoms with Crippen molar-refractivity contribution in [3.8, 4) is 11.5 Å². The molecule has 0 aromatic heterocycles. The largest absolute Gasteiger partial charge is 0.457 e. The molecule has 0 aliphatic rings. The van der Waals surface area contributed by atoms with E-state index in [0.29, 0.717) is 6.54 Å². The van der Waals surface area contributed by atoms with Crippen molar-refractivity contribution in [1.82, 2.24) is 0 Å². The first kappa shape index (κ1) is 15.5. The van der Waals surface area contributed by atoms with E-state index in [2.05, 4.69) is 0 Å². The van der Waals surface area contributed by atoms with Gasteiger partial charge in [0.15, 0.2) is 0 Å². The maximum Gasteiger partial charge on any atom is 0.127 e. The standard InChI is InChI=1S/C15H18N2O.ClH/c16-11-10-15(17)12-6-8-14(9-7-12)18-13-4-2-1-3-5-13;/h1-9,15H,10-11,16-17H2;1H/t15-;/m0./s1. The third-order valence-electron chi connectivity index (χ3n) is 2.76. The molecule has 0 saturated carbocycles. The predicted octanol–water partition coefficient (Wildman–Crippen LogP) is 3.25. The van der Waals surface area contributed by atoms with Gasteiger partial charge in [0.2, 0.25) is 0 Å². The molecule has 0 fully saturated rings. The third kappa shape index (κ3) is 4.56. The van der Waals surface area contributed by atoms with Crippen LogP contribution in [-0.2, 0) is 0 Å². The molecular weight excluding hydrogens is 260 g/mol. The Morgan fingerprint density at radius 1 is 0.895 bits per heavy atom. The summed E-state index contributed by atoms with van der Waals surface area (Å²) >= 11 is 0. The Balaban J connectivity index is 0.00000180. The van der Waals surface area contributed by atoms with Crippen LogP contribution in [0.3, 0.4) is 0 Å². The fraction of sp³-hybridized carbons (Fsp3) is 0.200. The molecule has 3 nitrogen and oxygen atoms in total. The number of hydrogen-bond acceptors (Lipinski definition) is 3. The zero-order chi connectivity index (χ0) is 12.8. The molecule has 0 aliphatic carbocycles. The highest BCUT2D eigenvalue weighted by Gasteiger charge is 2.04. The van der Waals surface area contributed by atoms with Crippen LogP contribution < -0.4 is 16.2 Å². The second-order valence-corrected chi connectivity index (χ2v) is 4.17. The minimum Gasteiger partial charge on any atom is -0.457 e. The summed E-state index contributed by atoms with van der Waals surface area (Å²) in [6.07, 6.45) is 0.791. The second-order valence-electron chi connectivity index (χ2n) is 4.17. The molecule has 0 bridgehead atoms. The van der Waals surface area contributed by atoms with Crippen molar-refractivity contribution in [2.24, 2.45) is 11.5 Å². The van der Waals surface area contributed by atoms with Gasteiger partial charge in [-0.2, -0.15) is 0 Å². The van der Waals surface area contributed by atoms with E-state index in [1.54, 1.807) is 0 Å². The van der Waals surface area contributed by atoms with Gasteiger partial charge in [-0.1, -0.05) is 30.3 Å². The molecule has 4 heteroatoms. The number of rotatable bonds is 5. The summed E-state index contributed by atoms with van der Waals surface area (Å²) in [5, 5.41) is 0. The smallest absolute Gasteiger partial charge is 0.127 e. The number of hydrogen-bond donors (Lipinski definition) is 2. The highest BCUT2D eigenvalue weighted by atomic mass is 35.5. The average Bonchev–Trinajstić information content (AvgIpc) is 2.41. The molecule has 102 valence electrons. The predicted molar refractivity (Wildman–Crippen MR) is 80.8 cm³/mol. The minimum atomic E-state index is 0. The molecule has 2 aromatic carbocycles. The molecule has 1 atom stereocenters. The van der Waals surface area contributed by atoms with Gasteiger partial charge < -0.3 is 16.2 Å². The van der Waals surface area contributed by atoms with Crippen LogP contribution in [0.2, 0.25) is 0 Å². The van der Waals surface area contributed by atoms with Gasteiger partial charge in [0.1, 0.15) is 11.5 Å². The van der Waals surface area contributed by atoms with Gasteiger partial charge in [0.05, 0.1) is 0 Å². The molecule has 0 spiro atoms. The number of ether oxygens (including phenoxy) is 1. The Morgan fingerprint density at radius 2 is 1.47 bits per heavy atom. The summed E-state index contributed by atoms with van der Waals surface area (Å²) in [6.45, 7) is 0.601. The summed E-state index contributed by atoms with van der Waals surface area (Å²) in [7, 11) is 0. The molecule has 0 heterocycles. The van der Waals surface area contributed by atoms with Crippen molar-refractivity contribution >= 4 is 12.4 Å². The topological polar surface area (TPSA) is 61.3 Å². The molecule has 2 rings (SSSR count). The normalized spacial score (nSPS) is 11.5. The van der Waals surface area contributed by atoms with Gasteiger partial charge in [-0.3, -0.25) is 0 Å². The van der Waals surface area contributed by atoms with Crippen LogP contribution in [0.5, 0.6) is 11.5 Å². The lowest BCUT2D eigenvalue weighted by molar-refractivity contribution is 0.482. The fourth-order valence-electron chi connectivity index (χ4n) is 1.75. The number of benzene rings is 2. The van der Waals surface area contributed by atoms with Crippen molar-refractivity contribution in [3.05, 3.63) is 60.2 Å². The Bertz CT molecular complexity index is 473. The van der Waals surface area contributed by atoms with Crippen LogP contribution in [0.15, 0.2) is 54.6 Å². The molecule has 0 unspecified atom stereocenters. The van der Waals surface area contributed by atoms with Crippen LogP contribution in [0, 0.1) is 0 Å². The zero-order valence-corrected chi connectivity index (χ0v) is 11.5. The summed E-state index contributed by atoms with van der Waals surface area (Å²) in [6, 6.07) is 17.5. The van der Waals surface area contributed by atoms with Gasteiger partial charge >= 0.3 is 0 Å². The van der Waals surface area contributed by atoms with Crippen LogP contribution in [0.1, 0.15) is 18.0 Å². The van der Waals surface area contributed by atoms with E-state index in [9.17, 15) is 0 Å². The highest BCUT2D eigenvalue weighted by Crippen LogP contribution is 2.23. The first-order valence-corrected chi connectivity index (χ1v) is 6.08. The first-order valence-electron chi connectivity index (χ1n) is 6.08. The maximum absolute atomic E-state index is 5.99. The van der Waals surface area contributed by atoms with E-state index in [0.717, 1.165) is 23.5 Å². The number of para-hydroxylation sites is 1. The van der Waals surface area contributed by atoms with E-state index in [4.69, 9.17) is 16.2 Å². The summed E-state index contributed by atoms with van der Waals surface area (Å²) in [5.74, 6) is 1.64. The Morgan fingerprint density at radius 3 is 2.05 bits per heavy atom. The molecule has 0 amide bonds. The van der Waals surface area contributed by atoms with E-state index in [-0.39, 0.29) is 18.4 Å². The van der Waals surface area contributed by atoms with Crippen molar-refractivity contribution in [3.63, 3.8) is 0 Å². The monoisotopic (exact) mass is 278 g/mol. The summed E-state index contributed by atoms with van der Waals surface area (Å²) in [5.41, 5.74) is 12.6. The molecule has 0 radical (unpaired) electrons. The number of halogens is 1. The molecular formula is C15H19ClN2O. The summed E-state index contributed by atoms with van der Waals surface area (Å²) in [4.78, 5) is 0. The first-order chi connectivity index (χ1) is 8.79. The fourth-order valence-corrected chi connectivity index (χ4v) is 1.75. The van der Waals surface area contributed by atoms with Gasteiger partial charge in [-0.05, 0) is 42.8 Å². The maximum atomic E-state index is 5.99. The van der Waals surface area contributed by atoms with Crippen molar-refractivity contribution in [2.45, 2.75) is 12.5 Å². The van der Waals surface area contributed by atoms with E-state index < -0.39 is 0 Å². The van der Waals surface area contributed by atoms with Crippen LogP contribution in [-0.4, -0.2) is 6.54 Å². The third-order valence-corrected chi connectivity index (χ3v) is 2.76. The zero-order valence-electron chi connectivity index (χ0n) is 10.7. The van der Waals surface area contributed by atoms with Crippen LogP contribution >= 0.6 is 12.4 Å². The van der Waals surface area contributed by atoms with Crippen molar-refractivity contribution < 1.29 is 4.74 Å². The quantitative estimate of drug-likeness (QED) is 0.882. The van der Waals surface area contributed by atoms with Gasteiger partial charge in [0, 0.05) is 6.04 Å². The van der Waals surface area contributed by atoms with Crippen LogP contribution in [0.25, 0.3) is 0 Å². The Kier molecular flexibility index (Phi) is 6.36. The average molecular weight is 279 g/mol. The Hall–Kier alpha value is -1.55. The molecule has 19 heavy (non-hydrogen) atoms. The van der Waals surface area contributed by atoms with E-state index in [1.807, 2.05) is 54.6 Å². The van der Waals surface area contributed by atoms with Gasteiger partial charge in [-0.15, -0.1) is 12.4 Å². The lowest BCUT2D eigenvalue weighted by Gasteiger charge is -2.11. The SMILES string of the molecule is Cl.NCC[C@H](N)c1ccc(Oc2ccccc2)cc1. The molecule has 2 aromatic rings. The number of nitrogens with two attached hydrogens (primary N) is 2. The van der Waals surface area contributed by atoms with E-state index >= 15 is 0 Å². The van der Waals surface area contributed by atoms with Crippen LogP contribution in [0.4, 0.5) is 0 Å². The van der Waals surface area contributed by atoms with Crippen molar-refractivity contribution in [2.75, 3.05) is 6.54 Å². The lowest BCUT2D eigenvalue weighted by atomic mass is 10.0. The minimum absolute atomic E-state index is 0. The molecule has 0 saturated heterocycles. The van der Waals surface area contributed by atoms with Crippen molar-refractivity contribution in [1.29, 1.82) is 0 Å². The molecule has 0 aliphatic heterocycles. The highest BCUT2D eigenvalue weighted by molar-refractivity contribution is 5.85. The lowest BCUT2D eigenvalue weighted by Crippen LogP contribution is -2.15. The second kappa shape index (κ2) is 7.79. The van der Waals surface area contributed by atoms with E-state index in [1.165, 1.54) is 0 Å². The van der Waals surface area contributed by atoms with Gasteiger partial charge in [-0.25, -0.2) is 0 Å².